The minimum Gasteiger partial charge on any atom is -0.377 e. The zero-order chi connectivity index (χ0) is 12.6. The fourth-order valence-electron chi connectivity index (χ4n) is 1.86. The third-order valence-electron chi connectivity index (χ3n) is 3.91. The van der Waals surface area contributed by atoms with Crippen molar-refractivity contribution in [3.05, 3.63) is 12.2 Å². The molecule has 0 N–H and O–H groups in total. The molecule has 1 saturated heterocycles. The van der Waals surface area contributed by atoms with Crippen molar-refractivity contribution in [2.24, 2.45) is 5.41 Å². The SMILES string of the molecule is C=C(COCC)C(=O)N1CC(C)(C)C1(C)C. The second-order valence-corrected chi connectivity index (χ2v) is 5.57. The van der Waals surface area contributed by atoms with E-state index in [1.807, 2.05) is 11.8 Å². The van der Waals surface area contributed by atoms with Crippen LogP contribution in [0.4, 0.5) is 0 Å². The lowest BCUT2D eigenvalue weighted by Crippen LogP contribution is -2.70. The van der Waals surface area contributed by atoms with Crippen molar-refractivity contribution in [2.75, 3.05) is 19.8 Å². The minimum atomic E-state index is -0.0980. The molecule has 0 aromatic heterocycles. The van der Waals surface area contributed by atoms with Gasteiger partial charge in [-0.05, 0) is 20.8 Å². The van der Waals surface area contributed by atoms with Gasteiger partial charge >= 0.3 is 0 Å². The van der Waals surface area contributed by atoms with Gasteiger partial charge in [0.25, 0.3) is 5.91 Å². The van der Waals surface area contributed by atoms with Crippen molar-refractivity contribution < 1.29 is 9.53 Å². The van der Waals surface area contributed by atoms with Crippen molar-refractivity contribution in [2.45, 2.75) is 40.2 Å². The number of hydrogen-bond donors (Lipinski definition) is 0. The van der Waals surface area contributed by atoms with E-state index in [2.05, 4.69) is 34.3 Å². The predicted molar refractivity (Wildman–Crippen MR) is 65.2 cm³/mol. The standard InChI is InChI=1S/C13H23NO2/c1-7-16-8-10(2)11(15)14-9-12(3,4)13(14,5)6/h2,7-9H2,1,3-6H3. The van der Waals surface area contributed by atoms with Crippen molar-refractivity contribution in [3.8, 4) is 0 Å². The molecule has 0 unspecified atom stereocenters. The molecule has 1 heterocycles. The molecule has 1 fully saturated rings. The van der Waals surface area contributed by atoms with Gasteiger partial charge in [-0.3, -0.25) is 4.79 Å². The zero-order valence-corrected chi connectivity index (χ0v) is 11.1. The summed E-state index contributed by atoms with van der Waals surface area (Å²) in [6.45, 7) is 16.0. The fourth-order valence-corrected chi connectivity index (χ4v) is 1.86. The van der Waals surface area contributed by atoms with Crippen LogP contribution in [0.15, 0.2) is 12.2 Å². The quantitative estimate of drug-likeness (QED) is 0.687. The molecule has 0 aliphatic carbocycles. The summed E-state index contributed by atoms with van der Waals surface area (Å²) in [5.74, 6) is 0.0257. The molecule has 3 heteroatoms. The molecule has 0 saturated carbocycles. The molecular formula is C13H23NO2. The maximum atomic E-state index is 12.1. The van der Waals surface area contributed by atoms with Gasteiger partial charge in [0.2, 0.25) is 0 Å². The number of carbonyl (C=O) groups excluding carboxylic acids is 1. The Bertz CT molecular complexity index is 305. The van der Waals surface area contributed by atoms with E-state index in [1.54, 1.807) is 0 Å². The highest BCUT2D eigenvalue weighted by Crippen LogP contribution is 2.46. The number of amides is 1. The number of ether oxygens (including phenoxy) is 1. The van der Waals surface area contributed by atoms with Crippen LogP contribution in [0.25, 0.3) is 0 Å². The first-order valence-electron chi connectivity index (χ1n) is 5.81. The van der Waals surface area contributed by atoms with Gasteiger partial charge in [0.15, 0.2) is 0 Å². The summed E-state index contributed by atoms with van der Waals surface area (Å²) in [5.41, 5.74) is 0.624. The van der Waals surface area contributed by atoms with E-state index in [0.29, 0.717) is 18.8 Å². The predicted octanol–water partition coefficient (Wildman–Crippen LogP) is 2.23. The molecule has 1 rings (SSSR count). The lowest BCUT2D eigenvalue weighted by molar-refractivity contribution is -0.163. The number of hydrogen-bond acceptors (Lipinski definition) is 2. The first-order chi connectivity index (χ1) is 7.24. The van der Waals surface area contributed by atoms with E-state index < -0.39 is 0 Å². The van der Waals surface area contributed by atoms with Crippen molar-refractivity contribution in [3.63, 3.8) is 0 Å². The first-order valence-corrected chi connectivity index (χ1v) is 5.81. The van der Waals surface area contributed by atoms with Gasteiger partial charge in [0.05, 0.1) is 6.61 Å². The smallest absolute Gasteiger partial charge is 0.252 e. The van der Waals surface area contributed by atoms with Crippen LogP contribution in [0.1, 0.15) is 34.6 Å². The monoisotopic (exact) mass is 225 g/mol. The molecule has 0 radical (unpaired) electrons. The Kier molecular flexibility index (Phi) is 3.48. The summed E-state index contributed by atoms with van der Waals surface area (Å²) in [6, 6.07) is 0. The molecular weight excluding hydrogens is 202 g/mol. The molecule has 92 valence electrons. The highest BCUT2D eigenvalue weighted by molar-refractivity contribution is 5.94. The molecule has 0 atom stereocenters. The van der Waals surface area contributed by atoms with Gasteiger partial charge in [-0.1, -0.05) is 20.4 Å². The van der Waals surface area contributed by atoms with E-state index in [0.717, 1.165) is 6.54 Å². The van der Waals surface area contributed by atoms with Crippen LogP contribution in [0.5, 0.6) is 0 Å². The van der Waals surface area contributed by atoms with E-state index in [4.69, 9.17) is 4.74 Å². The fraction of sp³-hybridized carbons (Fsp3) is 0.769. The Labute approximate surface area is 98.5 Å². The Balaban J connectivity index is 2.61. The molecule has 0 aromatic carbocycles. The average Bonchev–Trinajstić information content (AvgIpc) is 2.21. The van der Waals surface area contributed by atoms with Crippen LogP contribution in [-0.2, 0) is 9.53 Å². The van der Waals surface area contributed by atoms with Crippen LogP contribution >= 0.6 is 0 Å². The molecule has 16 heavy (non-hydrogen) atoms. The number of rotatable bonds is 4. The molecule has 0 bridgehead atoms. The number of carbonyl (C=O) groups is 1. The van der Waals surface area contributed by atoms with Crippen molar-refractivity contribution in [1.29, 1.82) is 0 Å². The second-order valence-electron chi connectivity index (χ2n) is 5.57. The van der Waals surface area contributed by atoms with Gasteiger partial charge in [0, 0.05) is 29.7 Å². The highest BCUT2D eigenvalue weighted by Gasteiger charge is 2.54. The van der Waals surface area contributed by atoms with Gasteiger partial charge in [-0.25, -0.2) is 0 Å². The maximum absolute atomic E-state index is 12.1. The lowest BCUT2D eigenvalue weighted by Gasteiger charge is -2.61. The Morgan fingerprint density at radius 2 is 1.94 bits per heavy atom. The van der Waals surface area contributed by atoms with E-state index in [-0.39, 0.29) is 16.9 Å². The average molecular weight is 225 g/mol. The molecule has 0 aromatic rings. The summed E-state index contributed by atoms with van der Waals surface area (Å²) in [5, 5.41) is 0. The van der Waals surface area contributed by atoms with Crippen LogP contribution in [0.3, 0.4) is 0 Å². The second kappa shape index (κ2) is 4.21. The van der Waals surface area contributed by atoms with Crippen molar-refractivity contribution >= 4 is 5.91 Å². The molecule has 1 amide bonds. The van der Waals surface area contributed by atoms with E-state index in [9.17, 15) is 4.79 Å². The minimum absolute atomic E-state index is 0.0257. The van der Waals surface area contributed by atoms with Crippen LogP contribution in [-0.4, -0.2) is 36.1 Å². The number of likely N-dealkylation sites (tertiary alicyclic amines) is 1. The highest BCUT2D eigenvalue weighted by atomic mass is 16.5. The summed E-state index contributed by atoms with van der Waals surface area (Å²) in [6.07, 6.45) is 0. The largest absolute Gasteiger partial charge is 0.377 e. The van der Waals surface area contributed by atoms with Gasteiger partial charge in [-0.15, -0.1) is 0 Å². The third-order valence-corrected chi connectivity index (χ3v) is 3.91. The van der Waals surface area contributed by atoms with Gasteiger partial charge in [-0.2, -0.15) is 0 Å². The third kappa shape index (κ3) is 2.01. The van der Waals surface area contributed by atoms with Gasteiger partial charge < -0.3 is 9.64 Å². The first kappa shape index (κ1) is 13.2. The topological polar surface area (TPSA) is 29.5 Å². The molecule has 3 nitrogen and oxygen atoms in total. The Morgan fingerprint density at radius 3 is 2.31 bits per heavy atom. The summed E-state index contributed by atoms with van der Waals surface area (Å²) in [4.78, 5) is 14.0. The lowest BCUT2D eigenvalue weighted by atomic mass is 9.65. The van der Waals surface area contributed by atoms with Crippen LogP contribution < -0.4 is 0 Å². The normalized spacial score (nSPS) is 21.4. The summed E-state index contributed by atoms with van der Waals surface area (Å²) >= 11 is 0. The maximum Gasteiger partial charge on any atom is 0.252 e. The number of nitrogens with zero attached hydrogens (tertiary/aromatic N) is 1. The van der Waals surface area contributed by atoms with Crippen LogP contribution in [0, 0.1) is 5.41 Å². The summed E-state index contributed by atoms with van der Waals surface area (Å²) < 4.78 is 5.21. The van der Waals surface area contributed by atoms with Crippen LogP contribution in [0.2, 0.25) is 0 Å². The van der Waals surface area contributed by atoms with Gasteiger partial charge in [0.1, 0.15) is 0 Å². The summed E-state index contributed by atoms with van der Waals surface area (Å²) in [7, 11) is 0. The Morgan fingerprint density at radius 1 is 1.38 bits per heavy atom. The Hall–Kier alpha value is -0.830. The molecule has 1 aliphatic rings. The molecule has 1 aliphatic heterocycles. The van der Waals surface area contributed by atoms with E-state index in [1.165, 1.54) is 0 Å². The zero-order valence-electron chi connectivity index (χ0n) is 11.1. The molecule has 0 spiro atoms. The van der Waals surface area contributed by atoms with E-state index >= 15 is 0 Å². The van der Waals surface area contributed by atoms with Crippen molar-refractivity contribution in [1.82, 2.24) is 4.90 Å².